The van der Waals surface area contributed by atoms with Crippen LogP contribution < -0.4 is 0 Å². The highest BCUT2D eigenvalue weighted by Gasteiger charge is 2.39. The van der Waals surface area contributed by atoms with Gasteiger partial charge in [-0.1, -0.05) is 0 Å². The highest BCUT2D eigenvalue weighted by molar-refractivity contribution is 5.94. The average molecular weight is 210 g/mol. The summed E-state index contributed by atoms with van der Waals surface area (Å²) < 4.78 is 12.8. The number of pyridine rings is 1. The maximum Gasteiger partial charge on any atom is 0.255 e. The molecule has 1 N–H and O–H groups in total. The first-order valence-electron chi connectivity index (χ1n) is 4.60. The number of aliphatic hydroxyl groups is 1. The fourth-order valence-electron chi connectivity index (χ4n) is 1.63. The van der Waals surface area contributed by atoms with Gasteiger partial charge in [-0.15, -0.1) is 0 Å². The van der Waals surface area contributed by atoms with Crippen molar-refractivity contribution in [1.29, 1.82) is 0 Å². The van der Waals surface area contributed by atoms with Gasteiger partial charge in [-0.2, -0.15) is 0 Å². The van der Waals surface area contributed by atoms with Gasteiger partial charge in [0.2, 0.25) is 0 Å². The first-order valence-corrected chi connectivity index (χ1v) is 4.60. The van der Waals surface area contributed by atoms with E-state index in [1.165, 1.54) is 11.1 Å². The lowest BCUT2D eigenvalue weighted by Gasteiger charge is -2.44. The van der Waals surface area contributed by atoms with E-state index in [9.17, 15) is 14.3 Å². The fourth-order valence-corrected chi connectivity index (χ4v) is 1.63. The predicted molar refractivity (Wildman–Crippen MR) is 50.7 cm³/mol. The molecule has 1 saturated heterocycles. The molecule has 1 aromatic heterocycles. The number of likely N-dealkylation sites (tertiary alicyclic amines) is 1. The molecule has 4 nitrogen and oxygen atoms in total. The molecule has 0 bridgehead atoms. The van der Waals surface area contributed by atoms with E-state index in [1.54, 1.807) is 6.92 Å². The van der Waals surface area contributed by atoms with Gasteiger partial charge in [-0.3, -0.25) is 9.78 Å². The highest BCUT2D eigenvalue weighted by Crippen LogP contribution is 2.21. The van der Waals surface area contributed by atoms with Crippen LogP contribution in [0.4, 0.5) is 4.39 Å². The van der Waals surface area contributed by atoms with E-state index in [0.717, 1.165) is 12.3 Å². The van der Waals surface area contributed by atoms with Crippen molar-refractivity contribution in [2.24, 2.45) is 0 Å². The Morgan fingerprint density at radius 1 is 1.60 bits per heavy atom. The van der Waals surface area contributed by atoms with Gasteiger partial charge in [-0.25, -0.2) is 4.39 Å². The van der Waals surface area contributed by atoms with Gasteiger partial charge in [0.15, 0.2) is 0 Å². The Bertz CT molecular complexity index is 398. The molecule has 0 atom stereocenters. The predicted octanol–water partition coefficient (Wildman–Crippen LogP) is 0.428. The zero-order valence-electron chi connectivity index (χ0n) is 8.27. The zero-order chi connectivity index (χ0) is 11.1. The van der Waals surface area contributed by atoms with Gasteiger partial charge < -0.3 is 10.0 Å². The molecule has 2 heterocycles. The molecule has 0 aromatic carbocycles. The van der Waals surface area contributed by atoms with Crippen molar-refractivity contribution in [2.45, 2.75) is 12.5 Å². The molecule has 0 saturated carbocycles. The Hall–Kier alpha value is -1.49. The van der Waals surface area contributed by atoms with Crippen LogP contribution in [-0.4, -0.2) is 39.6 Å². The molecule has 0 spiro atoms. The monoisotopic (exact) mass is 210 g/mol. The lowest BCUT2D eigenvalue weighted by molar-refractivity contribution is -0.0669. The first kappa shape index (κ1) is 10.0. The zero-order valence-corrected chi connectivity index (χ0v) is 8.27. The van der Waals surface area contributed by atoms with Crippen molar-refractivity contribution in [3.05, 3.63) is 29.8 Å². The standard InChI is InChI=1S/C10H11FN2O2/c1-10(15)5-13(6-10)9(14)7-2-8(11)4-12-3-7/h2-4,15H,5-6H2,1H3. The van der Waals surface area contributed by atoms with Crippen molar-refractivity contribution < 1.29 is 14.3 Å². The second kappa shape index (κ2) is 3.27. The van der Waals surface area contributed by atoms with E-state index >= 15 is 0 Å². The molecule has 1 aliphatic rings. The van der Waals surface area contributed by atoms with Crippen LogP contribution in [0, 0.1) is 5.82 Å². The SMILES string of the molecule is CC1(O)CN(C(=O)c2cncc(F)c2)C1. The summed E-state index contributed by atoms with van der Waals surface area (Å²) in [5, 5.41) is 9.45. The molecular weight excluding hydrogens is 199 g/mol. The molecule has 80 valence electrons. The summed E-state index contributed by atoms with van der Waals surface area (Å²) in [7, 11) is 0. The van der Waals surface area contributed by atoms with E-state index in [0.29, 0.717) is 0 Å². The number of β-amino-alcohol motifs (C(OH)–C–C–N with tert-alkyl or cyclic N) is 1. The summed E-state index contributed by atoms with van der Waals surface area (Å²) in [6.45, 7) is 2.21. The molecule has 1 amide bonds. The van der Waals surface area contributed by atoms with E-state index in [-0.39, 0.29) is 24.6 Å². The normalized spacial score (nSPS) is 18.5. The summed E-state index contributed by atoms with van der Waals surface area (Å²) >= 11 is 0. The number of carbonyl (C=O) groups excluding carboxylic acids is 1. The van der Waals surface area contributed by atoms with E-state index < -0.39 is 11.4 Å². The fraction of sp³-hybridized carbons (Fsp3) is 0.400. The van der Waals surface area contributed by atoms with Crippen LogP contribution in [0.15, 0.2) is 18.5 Å². The number of hydrogen-bond donors (Lipinski definition) is 1. The Morgan fingerprint density at radius 2 is 2.27 bits per heavy atom. The quantitative estimate of drug-likeness (QED) is 0.731. The van der Waals surface area contributed by atoms with E-state index in [1.807, 2.05) is 0 Å². The largest absolute Gasteiger partial charge is 0.386 e. The maximum absolute atomic E-state index is 12.8. The number of hydrogen-bond acceptors (Lipinski definition) is 3. The van der Waals surface area contributed by atoms with Gasteiger partial charge in [0, 0.05) is 6.20 Å². The Kier molecular flexibility index (Phi) is 2.19. The van der Waals surface area contributed by atoms with Crippen molar-refractivity contribution in [3.63, 3.8) is 0 Å². The summed E-state index contributed by atoms with van der Waals surface area (Å²) in [6, 6.07) is 1.14. The minimum absolute atomic E-state index is 0.213. The lowest BCUT2D eigenvalue weighted by Crippen LogP contribution is -2.61. The van der Waals surface area contributed by atoms with Gasteiger partial charge in [0.25, 0.3) is 5.91 Å². The van der Waals surface area contributed by atoms with Gasteiger partial charge >= 0.3 is 0 Å². The molecule has 1 aliphatic heterocycles. The molecule has 0 aliphatic carbocycles. The maximum atomic E-state index is 12.8. The summed E-state index contributed by atoms with van der Waals surface area (Å²) in [5.74, 6) is -0.832. The summed E-state index contributed by atoms with van der Waals surface area (Å²) in [5.41, 5.74) is -0.596. The Balaban J connectivity index is 2.10. The smallest absolute Gasteiger partial charge is 0.255 e. The molecule has 0 unspecified atom stereocenters. The van der Waals surface area contributed by atoms with Crippen LogP contribution in [0.5, 0.6) is 0 Å². The van der Waals surface area contributed by atoms with Gasteiger partial charge in [-0.05, 0) is 13.0 Å². The van der Waals surface area contributed by atoms with Crippen molar-refractivity contribution in [2.75, 3.05) is 13.1 Å². The topological polar surface area (TPSA) is 53.4 Å². The molecular formula is C10H11FN2O2. The van der Waals surface area contributed by atoms with Gasteiger partial charge in [0.1, 0.15) is 5.82 Å². The number of nitrogens with zero attached hydrogens (tertiary/aromatic N) is 2. The number of halogens is 1. The van der Waals surface area contributed by atoms with Crippen molar-refractivity contribution in [1.82, 2.24) is 9.88 Å². The molecule has 5 heteroatoms. The number of rotatable bonds is 1. The number of aromatic nitrogens is 1. The van der Waals surface area contributed by atoms with Crippen molar-refractivity contribution >= 4 is 5.91 Å². The third-order valence-electron chi connectivity index (χ3n) is 2.30. The van der Waals surface area contributed by atoms with E-state index in [2.05, 4.69) is 4.98 Å². The third kappa shape index (κ3) is 1.97. The van der Waals surface area contributed by atoms with E-state index in [4.69, 9.17) is 0 Å². The van der Waals surface area contributed by atoms with Crippen LogP contribution in [-0.2, 0) is 0 Å². The highest BCUT2D eigenvalue weighted by atomic mass is 19.1. The van der Waals surface area contributed by atoms with Gasteiger partial charge in [0.05, 0.1) is 30.5 Å². The third-order valence-corrected chi connectivity index (χ3v) is 2.30. The van der Waals surface area contributed by atoms with Crippen LogP contribution in [0.3, 0.4) is 0 Å². The first-order chi connectivity index (χ1) is 6.98. The molecule has 15 heavy (non-hydrogen) atoms. The number of amides is 1. The minimum atomic E-state index is -0.809. The minimum Gasteiger partial charge on any atom is -0.386 e. The summed E-state index contributed by atoms with van der Waals surface area (Å²) in [4.78, 5) is 16.7. The molecule has 1 aromatic rings. The second-order valence-corrected chi connectivity index (χ2v) is 4.05. The van der Waals surface area contributed by atoms with Crippen LogP contribution in [0.2, 0.25) is 0 Å². The number of carbonyl (C=O) groups is 1. The van der Waals surface area contributed by atoms with Crippen molar-refractivity contribution in [3.8, 4) is 0 Å². The molecule has 2 rings (SSSR count). The average Bonchev–Trinajstić information content (AvgIpc) is 2.13. The Labute approximate surface area is 86.4 Å². The second-order valence-electron chi connectivity index (χ2n) is 4.05. The lowest BCUT2D eigenvalue weighted by atomic mass is 9.96. The van der Waals surface area contributed by atoms with Crippen LogP contribution in [0.25, 0.3) is 0 Å². The van der Waals surface area contributed by atoms with Crippen LogP contribution in [0.1, 0.15) is 17.3 Å². The summed E-state index contributed by atoms with van der Waals surface area (Å²) in [6.07, 6.45) is 2.36. The molecule has 1 fully saturated rings. The van der Waals surface area contributed by atoms with Crippen LogP contribution >= 0.6 is 0 Å². The Morgan fingerprint density at radius 3 is 2.80 bits per heavy atom. The molecule has 0 radical (unpaired) electrons.